The first-order valence-corrected chi connectivity index (χ1v) is 5.99. The first kappa shape index (κ1) is 8.28. The van der Waals surface area contributed by atoms with Crippen molar-refractivity contribution in [2.75, 3.05) is 0 Å². The van der Waals surface area contributed by atoms with E-state index >= 15 is 0 Å². The van der Waals surface area contributed by atoms with Crippen molar-refractivity contribution in [3.8, 4) is 0 Å². The Bertz CT molecular complexity index is 203. The maximum absolute atomic E-state index is 6.21. The highest BCUT2D eigenvalue weighted by molar-refractivity contribution is 4.98. The Hall–Kier alpha value is -0.0400. The van der Waals surface area contributed by atoms with Crippen molar-refractivity contribution in [3.05, 3.63) is 0 Å². The van der Waals surface area contributed by atoms with Crippen LogP contribution in [0, 0.1) is 29.6 Å². The largest absolute Gasteiger partial charge is 0.327 e. The van der Waals surface area contributed by atoms with Crippen molar-refractivity contribution in [3.63, 3.8) is 0 Å². The lowest BCUT2D eigenvalue weighted by Crippen LogP contribution is -2.26. The van der Waals surface area contributed by atoms with Crippen LogP contribution < -0.4 is 5.73 Å². The summed E-state index contributed by atoms with van der Waals surface area (Å²) in [7, 11) is 0. The molecule has 0 radical (unpaired) electrons. The Balaban J connectivity index is 1.47. The van der Waals surface area contributed by atoms with Gasteiger partial charge in [0.25, 0.3) is 0 Å². The van der Waals surface area contributed by atoms with Crippen LogP contribution in [0.1, 0.15) is 39.0 Å². The lowest BCUT2D eigenvalue weighted by molar-refractivity contribution is 0.381. The van der Waals surface area contributed by atoms with Crippen molar-refractivity contribution < 1.29 is 0 Å². The molecular weight excluding hydrogens is 158 g/mol. The molecule has 3 aliphatic rings. The maximum Gasteiger partial charge on any atom is 0.00724 e. The van der Waals surface area contributed by atoms with E-state index in [1.165, 1.54) is 25.7 Å². The van der Waals surface area contributed by atoms with Gasteiger partial charge >= 0.3 is 0 Å². The molecule has 74 valence electrons. The lowest BCUT2D eigenvalue weighted by Gasteiger charge is -2.17. The molecule has 0 aromatic carbocycles. The van der Waals surface area contributed by atoms with Gasteiger partial charge < -0.3 is 5.73 Å². The summed E-state index contributed by atoms with van der Waals surface area (Å²) in [4.78, 5) is 0. The fourth-order valence-corrected chi connectivity index (χ4v) is 3.54. The van der Waals surface area contributed by atoms with E-state index in [4.69, 9.17) is 5.73 Å². The second-order valence-corrected chi connectivity index (χ2v) is 5.87. The molecule has 0 aliphatic heterocycles. The molecule has 3 fully saturated rings. The molecule has 2 N–H and O–H groups in total. The van der Waals surface area contributed by atoms with Gasteiger partial charge in [-0.2, -0.15) is 0 Å². The van der Waals surface area contributed by atoms with Gasteiger partial charge in [0.15, 0.2) is 0 Å². The molecule has 3 rings (SSSR count). The van der Waals surface area contributed by atoms with Crippen LogP contribution in [0.5, 0.6) is 0 Å². The molecule has 13 heavy (non-hydrogen) atoms. The van der Waals surface area contributed by atoms with Crippen molar-refractivity contribution in [2.45, 2.75) is 45.1 Å². The normalized spacial score (nSPS) is 54.5. The molecule has 5 unspecified atom stereocenters. The summed E-state index contributed by atoms with van der Waals surface area (Å²) < 4.78 is 0. The van der Waals surface area contributed by atoms with Crippen LogP contribution in [0.25, 0.3) is 0 Å². The average molecular weight is 179 g/mol. The van der Waals surface area contributed by atoms with Crippen molar-refractivity contribution in [1.29, 1.82) is 0 Å². The Morgan fingerprint density at radius 1 is 1.15 bits per heavy atom. The standard InChI is InChI=1S/C12H21N/c1-7-2-11(7)12(13)5-8-3-9-6-10(9)4-8/h7-12H,2-6,13H2,1H3. The molecular formula is C12H21N. The number of hydrogen-bond acceptors (Lipinski definition) is 1. The molecule has 1 heteroatoms. The molecule has 0 aromatic heterocycles. The zero-order chi connectivity index (χ0) is 9.00. The Kier molecular flexibility index (Phi) is 1.74. The van der Waals surface area contributed by atoms with Crippen LogP contribution in [-0.4, -0.2) is 6.04 Å². The monoisotopic (exact) mass is 179 g/mol. The van der Waals surface area contributed by atoms with Crippen LogP contribution >= 0.6 is 0 Å². The molecule has 3 aliphatic carbocycles. The molecule has 0 saturated heterocycles. The van der Waals surface area contributed by atoms with Gasteiger partial charge in [-0.3, -0.25) is 0 Å². The summed E-state index contributed by atoms with van der Waals surface area (Å²) in [5.74, 6) is 5.09. The molecule has 0 heterocycles. The van der Waals surface area contributed by atoms with E-state index in [1.807, 2.05) is 0 Å². The first-order valence-electron chi connectivity index (χ1n) is 5.99. The fraction of sp³-hybridized carbons (Fsp3) is 1.00. The number of rotatable bonds is 3. The van der Waals surface area contributed by atoms with Crippen LogP contribution in [0.4, 0.5) is 0 Å². The van der Waals surface area contributed by atoms with Gasteiger partial charge in [0, 0.05) is 6.04 Å². The molecule has 0 aromatic rings. The van der Waals surface area contributed by atoms with E-state index in [1.54, 1.807) is 6.42 Å². The van der Waals surface area contributed by atoms with Gasteiger partial charge in [-0.25, -0.2) is 0 Å². The second-order valence-electron chi connectivity index (χ2n) is 5.87. The summed E-state index contributed by atoms with van der Waals surface area (Å²) >= 11 is 0. The van der Waals surface area contributed by atoms with Gasteiger partial charge in [0.05, 0.1) is 0 Å². The molecule has 0 spiro atoms. The molecule has 1 nitrogen and oxygen atoms in total. The van der Waals surface area contributed by atoms with Crippen molar-refractivity contribution >= 4 is 0 Å². The smallest absolute Gasteiger partial charge is 0.00724 e. The Morgan fingerprint density at radius 3 is 2.31 bits per heavy atom. The second kappa shape index (κ2) is 2.73. The van der Waals surface area contributed by atoms with E-state index in [0.29, 0.717) is 6.04 Å². The quantitative estimate of drug-likeness (QED) is 0.707. The van der Waals surface area contributed by atoms with Gasteiger partial charge in [-0.15, -0.1) is 0 Å². The van der Waals surface area contributed by atoms with E-state index in [2.05, 4.69) is 6.92 Å². The first-order chi connectivity index (χ1) is 6.24. The Labute approximate surface area is 81.1 Å². The minimum absolute atomic E-state index is 0.539. The maximum atomic E-state index is 6.21. The number of hydrogen-bond donors (Lipinski definition) is 1. The summed E-state index contributed by atoms with van der Waals surface area (Å²) in [6.07, 6.45) is 7.31. The SMILES string of the molecule is CC1CC1C(N)CC1CC2CC2C1. The van der Waals surface area contributed by atoms with E-state index < -0.39 is 0 Å². The summed E-state index contributed by atoms with van der Waals surface area (Å²) in [6, 6.07) is 0.539. The molecule has 5 atom stereocenters. The van der Waals surface area contributed by atoms with Crippen LogP contribution in [0.15, 0.2) is 0 Å². The van der Waals surface area contributed by atoms with Crippen molar-refractivity contribution in [1.82, 2.24) is 0 Å². The van der Waals surface area contributed by atoms with Gasteiger partial charge in [-0.1, -0.05) is 6.92 Å². The summed E-state index contributed by atoms with van der Waals surface area (Å²) in [5.41, 5.74) is 6.21. The van der Waals surface area contributed by atoms with Gasteiger partial charge in [0.2, 0.25) is 0 Å². The van der Waals surface area contributed by atoms with Crippen LogP contribution in [-0.2, 0) is 0 Å². The highest BCUT2D eigenvalue weighted by atomic mass is 14.7. The summed E-state index contributed by atoms with van der Waals surface area (Å²) in [5, 5.41) is 0. The topological polar surface area (TPSA) is 26.0 Å². The number of fused-ring (bicyclic) bond motifs is 1. The van der Waals surface area contributed by atoms with E-state index in [0.717, 1.165) is 29.6 Å². The average Bonchev–Trinajstić information content (AvgIpc) is 2.94. The third-order valence-electron chi connectivity index (χ3n) is 4.67. The molecule has 3 saturated carbocycles. The van der Waals surface area contributed by atoms with Gasteiger partial charge in [0.1, 0.15) is 0 Å². The molecule has 0 bridgehead atoms. The third-order valence-corrected chi connectivity index (χ3v) is 4.67. The number of nitrogens with two attached hydrogens (primary N) is 1. The van der Waals surface area contributed by atoms with Crippen LogP contribution in [0.2, 0.25) is 0 Å². The highest BCUT2D eigenvalue weighted by Crippen LogP contribution is 2.56. The zero-order valence-corrected chi connectivity index (χ0v) is 8.58. The predicted octanol–water partition coefficient (Wildman–Crippen LogP) is 2.41. The Morgan fingerprint density at radius 2 is 1.77 bits per heavy atom. The van der Waals surface area contributed by atoms with E-state index in [9.17, 15) is 0 Å². The lowest BCUT2D eigenvalue weighted by atomic mass is 9.93. The van der Waals surface area contributed by atoms with Gasteiger partial charge in [-0.05, 0) is 61.7 Å². The van der Waals surface area contributed by atoms with Crippen molar-refractivity contribution in [2.24, 2.45) is 35.3 Å². The van der Waals surface area contributed by atoms with E-state index in [-0.39, 0.29) is 0 Å². The highest BCUT2D eigenvalue weighted by Gasteiger charge is 2.47. The minimum atomic E-state index is 0.539. The minimum Gasteiger partial charge on any atom is -0.327 e. The fourth-order valence-electron chi connectivity index (χ4n) is 3.54. The molecule has 0 amide bonds. The zero-order valence-electron chi connectivity index (χ0n) is 8.58. The predicted molar refractivity (Wildman–Crippen MR) is 54.2 cm³/mol. The summed E-state index contributed by atoms with van der Waals surface area (Å²) in [6.45, 7) is 2.34. The third kappa shape index (κ3) is 1.52. The van der Waals surface area contributed by atoms with Crippen LogP contribution in [0.3, 0.4) is 0 Å².